The van der Waals surface area contributed by atoms with Gasteiger partial charge in [0.15, 0.2) is 16.6 Å². The Morgan fingerprint density at radius 1 is 1.33 bits per heavy atom. The number of aromatic nitrogens is 1. The van der Waals surface area contributed by atoms with Gasteiger partial charge in [-0.3, -0.25) is 4.79 Å². The summed E-state index contributed by atoms with van der Waals surface area (Å²) in [6.07, 6.45) is 4.23. The Labute approximate surface area is 163 Å². The number of hydrogen-bond donors (Lipinski definition) is 1. The number of carbonyl (C=O) groups is 1. The Balaban J connectivity index is 1.36. The first kappa shape index (κ1) is 18.1. The van der Waals surface area contributed by atoms with Crippen molar-refractivity contribution < 1.29 is 14.3 Å². The summed E-state index contributed by atoms with van der Waals surface area (Å²) in [6, 6.07) is 6.15. The first-order valence-corrected chi connectivity index (χ1v) is 10.2. The van der Waals surface area contributed by atoms with Crippen LogP contribution in [0.15, 0.2) is 23.6 Å². The zero-order valence-corrected chi connectivity index (χ0v) is 16.4. The van der Waals surface area contributed by atoms with Gasteiger partial charge in [0.25, 0.3) is 0 Å². The van der Waals surface area contributed by atoms with Crippen LogP contribution >= 0.6 is 11.3 Å². The summed E-state index contributed by atoms with van der Waals surface area (Å²) in [7, 11) is 0. The second kappa shape index (κ2) is 7.38. The number of nitrogens with two attached hydrogens (primary N) is 1. The molecule has 3 heterocycles. The van der Waals surface area contributed by atoms with Gasteiger partial charge in [0.2, 0.25) is 12.7 Å². The van der Waals surface area contributed by atoms with Crippen molar-refractivity contribution in [2.24, 2.45) is 5.41 Å². The van der Waals surface area contributed by atoms with E-state index in [1.165, 1.54) is 16.9 Å². The number of fused-ring (bicyclic) bond motifs is 1. The second-order valence-corrected chi connectivity index (χ2v) is 8.66. The fourth-order valence-corrected chi connectivity index (χ4v) is 4.57. The predicted molar refractivity (Wildman–Crippen MR) is 105 cm³/mol. The molecule has 0 aliphatic carbocycles. The van der Waals surface area contributed by atoms with Crippen LogP contribution in [0.5, 0.6) is 11.5 Å². The quantitative estimate of drug-likeness (QED) is 0.823. The SMILES string of the molecule is C[C@@]1(Cc2ccc3c(c2)OCO3)CCC(=O)N(CCCc2csc(N)n2)C1. The minimum absolute atomic E-state index is 0.0761. The van der Waals surface area contributed by atoms with Crippen molar-refractivity contribution in [3.63, 3.8) is 0 Å². The number of benzene rings is 1. The first-order chi connectivity index (χ1) is 13.0. The highest BCUT2D eigenvalue weighted by molar-refractivity contribution is 7.13. The first-order valence-electron chi connectivity index (χ1n) is 9.37. The maximum atomic E-state index is 12.4. The van der Waals surface area contributed by atoms with Gasteiger partial charge in [-0.2, -0.15) is 0 Å². The molecule has 1 fully saturated rings. The van der Waals surface area contributed by atoms with Crippen molar-refractivity contribution in [2.75, 3.05) is 25.6 Å². The van der Waals surface area contributed by atoms with Gasteiger partial charge in [-0.25, -0.2) is 4.98 Å². The van der Waals surface area contributed by atoms with Crippen molar-refractivity contribution in [3.05, 3.63) is 34.8 Å². The third-order valence-electron chi connectivity index (χ3n) is 5.37. The summed E-state index contributed by atoms with van der Waals surface area (Å²) in [6.45, 7) is 4.13. The van der Waals surface area contributed by atoms with Crippen molar-refractivity contribution in [3.8, 4) is 11.5 Å². The summed E-state index contributed by atoms with van der Waals surface area (Å²) >= 11 is 1.47. The molecular weight excluding hydrogens is 362 g/mol. The number of piperidine rings is 1. The average molecular weight is 388 g/mol. The van der Waals surface area contributed by atoms with Gasteiger partial charge >= 0.3 is 0 Å². The topological polar surface area (TPSA) is 77.7 Å². The fourth-order valence-electron chi connectivity index (χ4n) is 3.98. The fraction of sp³-hybridized carbons (Fsp3) is 0.500. The lowest BCUT2D eigenvalue weighted by molar-refractivity contribution is -0.137. The summed E-state index contributed by atoms with van der Waals surface area (Å²) in [5.74, 6) is 1.89. The molecular formula is C20H25N3O3S. The minimum atomic E-state index is 0.0761. The van der Waals surface area contributed by atoms with E-state index in [0.29, 0.717) is 18.3 Å². The number of likely N-dealkylation sites (tertiary alicyclic amines) is 1. The Kier molecular flexibility index (Phi) is 4.95. The molecule has 2 aliphatic rings. The molecule has 2 aliphatic heterocycles. The van der Waals surface area contributed by atoms with E-state index in [9.17, 15) is 4.79 Å². The molecule has 1 saturated heterocycles. The largest absolute Gasteiger partial charge is 0.454 e. The van der Waals surface area contributed by atoms with Crippen LogP contribution in [0.1, 0.15) is 37.4 Å². The van der Waals surface area contributed by atoms with Gasteiger partial charge in [-0.05, 0) is 48.8 Å². The van der Waals surface area contributed by atoms with E-state index in [1.54, 1.807) is 0 Å². The molecule has 0 radical (unpaired) electrons. The van der Waals surface area contributed by atoms with E-state index < -0.39 is 0 Å². The molecule has 27 heavy (non-hydrogen) atoms. The third-order valence-corrected chi connectivity index (χ3v) is 6.09. The van der Waals surface area contributed by atoms with Crippen LogP contribution in [-0.2, 0) is 17.6 Å². The van der Waals surface area contributed by atoms with Crippen molar-refractivity contribution in [2.45, 2.75) is 39.0 Å². The molecule has 1 amide bonds. The molecule has 0 spiro atoms. The molecule has 4 rings (SSSR count). The van der Waals surface area contributed by atoms with Crippen LogP contribution < -0.4 is 15.2 Å². The van der Waals surface area contributed by atoms with Crippen LogP contribution in [0.25, 0.3) is 0 Å². The lowest BCUT2D eigenvalue weighted by Crippen LogP contribution is -2.46. The van der Waals surface area contributed by atoms with Crippen LogP contribution in [-0.4, -0.2) is 35.7 Å². The maximum Gasteiger partial charge on any atom is 0.231 e. The van der Waals surface area contributed by atoms with Gasteiger partial charge in [0, 0.05) is 24.9 Å². The van der Waals surface area contributed by atoms with Crippen molar-refractivity contribution in [1.82, 2.24) is 9.88 Å². The van der Waals surface area contributed by atoms with Gasteiger partial charge in [0.1, 0.15) is 0 Å². The molecule has 7 heteroatoms. The number of anilines is 1. The summed E-state index contributed by atoms with van der Waals surface area (Å²) in [5, 5.41) is 2.60. The normalized spacial score (nSPS) is 21.7. The van der Waals surface area contributed by atoms with Crippen molar-refractivity contribution in [1.29, 1.82) is 0 Å². The van der Waals surface area contributed by atoms with Gasteiger partial charge < -0.3 is 20.1 Å². The lowest BCUT2D eigenvalue weighted by atomic mass is 9.76. The molecule has 0 unspecified atom stereocenters. The number of carbonyl (C=O) groups excluding carboxylic acids is 1. The summed E-state index contributed by atoms with van der Waals surface area (Å²) < 4.78 is 10.9. The molecule has 1 aromatic carbocycles. The monoisotopic (exact) mass is 387 g/mol. The number of rotatable bonds is 6. The molecule has 0 saturated carbocycles. The molecule has 0 bridgehead atoms. The summed E-state index contributed by atoms with van der Waals surface area (Å²) in [5.41, 5.74) is 8.01. The molecule has 2 aromatic rings. The number of ether oxygens (including phenoxy) is 2. The minimum Gasteiger partial charge on any atom is -0.454 e. The highest BCUT2D eigenvalue weighted by Gasteiger charge is 2.35. The highest BCUT2D eigenvalue weighted by Crippen LogP contribution is 2.37. The highest BCUT2D eigenvalue weighted by atomic mass is 32.1. The van der Waals surface area contributed by atoms with E-state index in [1.807, 2.05) is 16.3 Å². The predicted octanol–water partition coefficient (Wildman–Crippen LogP) is 3.26. The van der Waals surface area contributed by atoms with Gasteiger partial charge in [0.05, 0.1) is 5.69 Å². The van der Waals surface area contributed by atoms with Crippen LogP contribution in [0.2, 0.25) is 0 Å². The van der Waals surface area contributed by atoms with E-state index in [2.05, 4.69) is 24.0 Å². The number of amides is 1. The smallest absolute Gasteiger partial charge is 0.231 e. The second-order valence-electron chi connectivity index (χ2n) is 7.77. The number of aryl methyl sites for hydroxylation is 1. The van der Waals surface area contributed by atoms with E-state index >= 15 is 0 Å². The zero-order chi connectivity index (χ0) is 18.9. The van der Waals surface area contributed by atoms with Crippen molar-refractivity contribution >= 4 is 22.4 Å². The molecule has 6 nitrogen and oxygen atoms in total. The van der Waals surface area contributed by atoms with Crippen LogP contribution in [0.4, 0.5) is 5.13 Å². The Bertz CT molecular complexity index is 838. The molecule has 144 valence electrons. The lowest BCUT2D eigenvalue weighted by Gasteiger charge is -2.40. The van der Waals surface area contributed by atoms with E-state index in [4.69, 9.17) is 15.2 Å². The van der Waals surface area contributed by atoms with Crippen LogP contribution in [0.3, 0.4) is 0 Å². The number of hydrogen-bond acceptors (Lipinski definition) is 6. The maximum absolute atomic E-state index is 12.4. The standard InChI is InChI=1S/C20H25N3O3S/c1-20(10-14-4-5-16-17(9-14)26-13-25-16)7-6-18(24)23(12-20)8-2-3-15-11-27-19(21)22-15/h4-5,9,11H,2-3,6-8,10,12-13H2,1H3,(H2,21,22)/t20-/m0/s1. The Morgan fingerprint density at radius 3 is 3.00 bits per heavy atom. The number of thiazole rings is 1. The van der Waals surface area contributed by atoms with Gasteiger partial charge in [-0.1, -0.05) is 13.0 Å². The molecule has 1 atom stereocenters. The average Bonchev–Trinajstić information content (AvgIpc) is 3.26. The van der Waals surface area contributed by atoms with Crippen LogP contribution in [0, 0.1) is 5.41 Å². The zero-order valence-electron chi connectivity index (χ0n) is 15.6. The number of nitrogen functional groups attached to an aromatic ring is 1. The number of nitrogens with zero attached hydrogens (tertiary/aromatic N) is 2. The van der Waals surface area contributed by atoms with E-state index in [-0.39, 0.29) is 11.3 Å². The Hall–Kier alpha value is -2.28. The van der Waals surface area contributed by atoms with E-state index in [0.717, 1.165) is 56.0 Å². The molecule has 1 aromatic heterocycles. The third kappa shape index (κ3) is 4.18. The summed E-state index contributed by atoms with van der Waals surface area (Å²) in [4.78, 5) is 18.7. The molecule has 2 N–H and O–H groups in total. The van der Waals surface area contributed by atoms with Gasteiger partial charge in [-0.15, -0.1) is 11.3 Å². The Morgan fingerprint density at radius 2 is 2.19 bits per heavy atom.